The molecule has 2 atom stereocenters. The molecule has 9 heteroatoms. The lowest BCUT2D eigenvalue weighted by Crippen LogP contribution is -2.67. The Morgan fingerprint density at radius 1 is 1.33 bits per heavy atom. The summed E-state index contributed by atoms with van der Waals surface area (Å²) in [6.45, 7) is 0.468. The van der Waals surface area contributed by atoms with Gasteiger partial charge in [0.25, 0.3) is 5.91 Å². The summed E-state index contributed by atoms with van der Waals surface area (Å²) in [7, 11) is 0. The van der Waals surface area contributed by atoms with Gasteiger partial charge in [-0.3, -0.25) is 9.59 Å². The minimum Gasteiger partial charge on any atom is -0.377 e. The third-order valence-corrected chi connectivity index (χ3v) is 3.65. The van der Waals surface area contributed by atoms with E-state index in [-0.39, 0.29) is 25.8 Å². The molecule has 2 fully saturated rings. The molecule has 1 heterocycles. The second-order valence-electron chi connectivity index (χ2n) is 5.57. The molecule has 2 unspecified atom stereocenters. The minimum atomic E-state index is -4.89. The first kappa shape index (κ1) is 16.0. The molecular formula is C12H18F3N3O3. The molecule has 0 aromatic heterocycles. The summed E-state index contributed by atoms with van der Waals surface area (Å²) in [6, 6.07) is -1.03. The maximum Gasteiger partial charge on any atom is 0.415 e. The zero-order valence-corrected chi connectivity index (χ0v) is 11.6. The van der Waals surface area contributed by atoms with Gasteiger partial charge < -0.3 is 20.7 Å². The standard InChI is InChI=1S/C12H18F3N3O3/c1-11(16,12(13,14)15)10(20)18-4-5-21-6-8(18)9(19)17-7-2-3-7/h7-8H,2-6,16H2,1H3,(H,17,19). The van der Waals surface area contributed by atoms with Gasteiger partial charge in [0, 0.05) is 12.6 Å². The van der Waals surface area contributed by atoms with E-state index < -0.39 is 29.6 Å². The van der Waals surface area contributed by atoms with E-state index in [1.807, 2.05) is 0 Å². The zero-order chi connectivity index (χ0) is 15.8. The smallest absolute Gasteiger partial charge is 0.377 e. The molecular weight excluding hydrogens is 291 g/mol. The number of amides is 2. The average Bonchev–Trinajstić information content (AvgIpc) is 3.20. The van der Waals surface area contributed by atoms with Crippen molar-refractivity contribution in [1.29, 1.82) is 0 Å². The van der Waals surface area contributed by atoms with Crippen LogP contribution in [0.5, 0.6) is 0 Å². The van der Waals surface area contributed by atoms with E-state index in [0.29, 0.717) is 6.92 Å². The monoisotopic (exact) mass is 309 g/mol. The number of hydrogen-bond acceptors (Lipinski definition) is 4. The van der Waals surface area contributed by atoms with Gasteiger partial charge in [-0.1, -0.05) is 0 Å². The Labute approximate surface area is 119 Å². The van der Waals surface area contributed by atoms with E-state index in [9.17, 15) is 22.8 Å². The van der Waals surface area contributed by atoms with Crippen LogP contribution in [0, 0.1) is 0 Å². The Balaban J connectivity index is 2.13. The molecule has 2 rings (SSSR count). The normalized spacial score (nSPS) is 26.1. The van der Waals surface area contributed by atoms with Crippen molar-refractivity contribution < 1.29 is 27.5 Å². The van der Waals surface area contributed by atoms with Gasteiger partial charge in [0.2, 0.25) is 5.91 Å². The zero-order valence-electron chi connectivity index (χ0n) is 11.6. The summed E-state index contributed by atoms with van der Waals surface area (Å²) in [5, 5.41) is 2.66. The Morgan fingerprint density at radius 3 is 2.48 bits per heavy atom. The highest BCUT2D eigenvalue weighted by Crippen LogP contribution is 2.30. The molecule has 0 bridgehead atoms. The van der Waals surface area contributed by atoms with Crippen LogP contribution in [0.15, 0.2) is 0 Å². The van der Waals surface area contributed by atoms with E-state index in [2.05, 4.69) is 5.32 Å². The maximum absolute atomic E-state index is 12.9. The largest absolute Gasteiger partial charge is 0.415 e. The van der Waals surface area contributed by atoms with Crippen molar-refractivity contribution in [3.05, 3.63) is 0 Å². The number of nitrogens with two attached hydrogens (primary N) is 1. The molecule has 21 heavy (non-hydrogen) atoms. The lowest BCUT2D eigenvalue weighted by atomic mass is 9.99. The Morgan fingerprint density at radius 2 is 1.95 bits per heavy atom. The van der Waals surface area contributed by atoms with Crippen molar-refractivity contribution in [1.82, 2.24) is 10.2 Å². The van der Waals surface area contributed by atoms with E-state index in [1.165, 1.54) is 0 Å². The number of rotatable bonds is 3. The van der Waals surface area contributed by atoms with E-state index in [4.69, 9.17) is 10.5 Å². The molecule has 2 aliphatic rings. The number of carbonyl (C=O) groups is 2. The van der Waals surface area contributed by atoms with Crippen LogP contribution in [-0.4, -0.2) is 60.3 Å². The molecule has 1 saturated heterocycles. The van der Waals surface area contributed by atoms with Gasteiger partial charge in [0.05, 0.1) is 13.2 Å². The minimum absolute atomic E-state index is 0.0447. The molecule has 1 aliphatic heterocycles. The van der Waals surface area contributed by atoms with Crippen LogP contribution in [0.2, 0.25) is 0 Å². The molecule has 0 spiro atoms. The van der Waals surface area contributed by atoms with E-state index in [0.717, 1.165) is 17.7 Å². The highest BCUT2D eigenvalue weighted by atomic mass is 19.4. The van der Waals surface area contributed by atoms with Gasteiger partial charge in [-0.25, -0.2) is 0 Å². The fourth-order valence-electron chi connectivity index (χ4n) is 2.01. The predicted octanol–water partition coefficient (Wildman–Crippen LogP) is -0.228. The highest BCUT2D eigenvalue weighted by Gasteiger charge is 2.56. The number of nitrogens with zero attached hydrogens (tertiary/aromatic N) is 1. The van der Waals surface area contributed by atoms with Gasteiger partial charge in [-0.05, 0) is 19.8 Å². The van der Waals surface area contributed by atoms with Crippen molar-refractivity contribution in [2.45, 2.75) is 43.6 Å². The lowest BCUT2D eigenvalue weighted by Gasteiger charge is -2.39. The molecule has 3 N–H and O–H groups in total. The van der Waals surface area contributed by atoms with E-state index in [1.54, 1.807) is 0 Å². The average molecular weight is 309 g/mol. The summed E-state index contributed by atoms with van der Waals surface area (Å²) < 4.78 is 43.8. The Hall–Kier alpha value is -1.35. The molecule has 2 amide bonds. The van der Waals surface area contributed by atoms with E-state index >= 15 is 0 Å². The second-order valence-corrected chi connectivity index (χ2v) is 5.57. The van der Waals surface area contributed by atoms with Gasteiger partial charge in [0.1, 0.15) is 6.04 Å². The van der Waals surface area contributed by atoms with Crippen molar-refractivity contribution in [3.8, 4) is 0 Å². The summed E-state index contributed by atoms with van der Waals surface area (Å²) in [5.41, 5.74) is 2.13. The first-order valence-electron chi connectivity index (χ1n) is 6.69. The number of carbonyl (C=O) groups excluding carboxylic acids is 2. The van der Waals surface area contributed by atoms with Gasteiger partial charge in [0.15, 0.2) is 5.54 Å². The lowest BCUT2D eigenvalue weighted by molar-refractivity contribution is -0.198. The van der Waals surface area contributed by atoms with Crippen LogP contribution < -0.4 is 11.1 Å². The first-order chi connectivity index (χ1) is 9.64. The quantitative estimate of drug-likeness (QED) is 0.754. The molecule has 1 aliphatic carbocycles. The molecule has 1 saturated carbocycles. The van der Waals surface area contributed by atoms with Crippen LogP contribution in [0.25, 0.3) is 0 Å². The van der Waals surface area contributed by atoms with Crippen molar-refractivity contribution >= 4 is 11.8 Å². The molecule has 0 aromatic carbocycles. The van der Waals surface area contributed by atoms with Crippen molar-refractivity contribution in [2.75, 3.05) is 19.8 Å². The fourth-order valence-corrected chi connectivity index (χ4v) is 2.01. The van der Waals surface area contributed by atoms with Crippen LogP contribution in [0.3, 0.4) is 0 Å². The number of halogens is 3. The van der Waals surface area contributed by atoms with Crippen LogP contribution in [-0.2, 0) is 14.3 Å². The third kappa shape index (κ3) is 3.29. The molecule has 120 valence electrons. The highest BCUT2D eigenvalue weighted by molar-refractivity contribution is 5.92. The number of hydrogen-bond donors (Lipinski definition) is 2. The fraction of sp³-hybridized carbons (Fsp3) is 0.833. The molecule has 0 radical (unpaired) electrons. The van der Waals surface area contributed by atoms with Crippen molar-refractivity contribution in [3.63, 3.8) is 0 Å². The topological polar surface area (TPSA) is 84.7 Å². The number of nitrogens with one attached hydrogen (secondary N) is 1. The first-order valence-corrected chi connectivity index (χ1v) is 6.69. The Bertz CT molecular complexity index is 435. The van der Waals surface area contributed by atoms with Crippen LogP contribution in [0.4, 0.5) is 13.2 Å². The van der Waals surface area contributed by atoms with Crippen molar-refractivity contribution in [2.24, 2.45) is 5.73 Å². The second kappa shape index (κ2) is 5.45. The number of morpholine rings is 1. The maximum atomic E-state index is 12.9. The number of alkyl halides is 3. The van der Waals surface area contributed by atoms with Crippen LogP contribution in [0.1, 0.15) is 19.8 Å². The van der Waals surface area contributed by atoms with Gasteiger partial charge >= 0.3 is 6.18 Å². The molecule has 0 aromatic rings. The summed E-state index contributed by atoms with van der Waals surface area (Å²) in [5.74, 6) is -1.81. The SMILES string of the molecule is CC(N)(C(=O)N1CCOCC1C(=O)NC1CC1)C(F)(F)F. The third-order valence-electron chi connectivity index (χ3n) is 3.65. The van der Waals surface area contributed by atoms with Gasteiger partial charge in [-0.15, -0.1) is 0 Å². The predicted molar refractivity (Wildman–Crippen MR) is 66.1 cm³/mol. The molecule has 6 nitrogen and oxygen atoms in total. The van der Waals surface area contributed by atoms with Gasteiger partial charge in [-0.2, -0.15) is 13.2 Å². The summed E-state index contributed by atoms with van der Waals surface area (Å²) >= 11 is 0. The Kier molecular flexibility index (Phi) is 4.16. The summed E-state index contributed by atoms with van der Waals surface area (Å²) in [4.78, 5) is 25.0. The summed E-state index contributed by atoms with van der Waals surface area (Å²) in [6.07, 6.45) is -3.21. The van der Waals surface area contributed by atoms with Crippen LogP contribution >= 0.6 is 0 Å². The number of ether oxygens (including phenoxy) is 1.